The molecule has 1 rings (SSSR count). The van der Waals surface area contributed by atoms with Crippen LogP contribution in [0.15, 0.2) is 6.20 Å². The highest BCUT2D eigenvalue weighted by atomic mass is 19.3. The third-order valence-electron chi connectivity index (χ3n) is 1.80. The Kier molecular flexibility index (Phi) is 2.77. The predicted molar refractivity (Wildman–Crippen MR) is 43.5 cm³/mol. The quantitative estimate of drug-likeness (QED) is 0.739. The predicted octanol–water partition coefficient (Wildman–Crippen LogP) is 1.49. The van der Waals surface area contributed by atoms with Crippen LogP contribution < -0.4 is 5.73 Å². The number of halogens is 2. The van der Waals surface area contributed by atoms with Gasteiger partial charge in [0.05, 0.1) is 11.3 Å². The average Bonchev–Trinajstić information content (AvgIpc) is 2.08. The lowest BCUT2D eigenvalue weighted by molar-refractivity contribution is 0.146. The van der Waals surface area contributed by atoms with E-state index in [1.807, 2.05) is 0 Å². The number of hydrogen-bond acceptors (Lipinski definition) is 3. The summed E-state index contributed by atoms with van der Waals surface area (Å²) in [7, 11) is 0. The van der Waals surface area contributed by atoms with Crippen molar-refractivity contribution >= 4 is 0 Å². The first kappa shape index (κ1) is 9.85. The molecule has 0 aliphatic carbocycles. The molecule has 0 spiro atoms. The molecule has 72 valence electrons. The lowest BCUT2D eigenvalue weighted by atomic mass is 10.1. The molecule has 0 aliphatic rings. The van der Waals surface area contributed by atoms with Crippen LogP contribution in [0, 0.1) is 6.92 Å². The van der Waals surface area contributed by atoms with Gasteiger partial charge < -0.3 is 10.8 Å². The zero-order chi connectivity index (χ0) is 10.0. The second-order valence-electron chi connectivity index (χ2n) is 2.64. The zero-order valence-electron chi connectivity index (χ0n) is 7.09. The minimum absolute atomic E-state index is 0.0550. The van der Waals surface area contributed by atoms with Crippen LogP contribution in [0.4, 0.5) is 8.78 Å². The molecule has 0 bridgehead atoms. The first-order valence-corrected chi connectivity index (χ1v) is 3.73. The highest BCUT2D eigenvalue weighted by Crippen LogP contribution is 2.32. The third kappa shape index (κ3) is 1.75. The molecular formula is C8H10F2N2O. The van der Waals surface area contributed by atoms with Crippen molar-refractivity contribution in [3.05, 3.63) is 23.0 Å². The summed E-state index contributed by atoms with van der Waals surface area (Å²) in [5, 5.41) is 9.28. The van der Waals surface area contributed by atoms with E-state index in [0.717, 1.165) is 0 Å². The maximum atomic E-state index is 12.4. The van der Waals surface area contributed by atoms with Crippen molar-refractivity contribution in [2.24, 2.45) is 5.73 Å². The van der Waals surface area contributed by atoms with Crippen LogP contribution in [0.25, 0.3) is 0 Å². The van der Waals surface area contributed by atoms with Crippen molar-refractivity contribution in [3.8, 4) is 5.75 Å². The summed E-state index contributed by atoms with van der Waals surface area (Å²) in [5.74, 6) is -0.460. The molecule has 0 saturated heterocycles. The second-order valence-corrected chi connectivity index (χ2v) is 2.64. The van der Waals surface area contributed by atoms with E-state index in [2.05, 4.69) is 4.98 Å². The smallest absolute Gasteiger partial charge is 0.267 e. The Labute approximate surface area is 74.2 Å². The third-order valence-corrected chi connectivity index (χ3v) is 1.80. The molecule has 0 saturated carbocycles. The standard InChI is InChI=1S/C8H10F2N2O/c1-4-7(13)6(8(9)10)5(2-11)3-12-4/h3,8,13H,2,11H2,1H3. The molecule has 1 aromatic rings. The van der Waals surface area contributed by atoms with Crippen LogP contribution in [0.5, 0.6) is 5.75 Å². The fourth-order valence-corrected chi connectivity index (χ4v) is 1.06. The maximum absolute atomic E-state index is 12.4. The summed E-state index contributed by atoms with van der Waals surface area (Å²) in [6.07, 6.45) is -1.46. The Balaban J connectivity index is 3.32. The van der Waals surface area contributed by atoms with Crippen LogP contribution in [0.1, 0.15) is 23.2 Å². The normalized spacial score (nSPS) is 10.8. The number of aryl methyl sites for hydroxylation is 1. The van der Waals surface area contributed by atoms with E-state index in [0.29, 0.717) is 0 Å². The van der Waals surface area contributed by atoms with Gasteiger partial charge in [-0.15, -0.1) is 0 Å². The van der Waals surface area contributed by atoms with Crippen molar-refractivity contribution in [1.29, 1.82) is 0 Å². The van der Waals surface area contributed by atoms with Gasteiger partial charge in [-0.25, -0.2) is 8.78 Å². The van der Waals surface area contributed by atoms with Gasteiger partial charge in [-0.3, -0.25) is 4.98 Å². The zero-order valence-corrected chi connectivity index (χ0v) is 7.09. The Bertz CT molecular complexity index is 315. The highest BCUT2D eigenvalue weighted by Gasteiger charge is 2.19. The minimum atomic E-state index is -2.72. The Morgan fingerprint density at radius 1 is 1.62 bits per heavy atom. The topological polar surface area (TPSA) is 59.1 Å². The Morgan fingerprint density at radius 2 is 2.23 bits per heavy atom. The molecule has 5 heteroatoms. The number of hydrogen-bond donors (Lipinski definition) is 2. The first-order chi connectivity index (χ1) is 6.07. The van der Waals surface area contributed by atoms with E-state index in [4.69, 9.17) is 5.73 Å². The van der Waals surface area contributed by atoms with Gasteiger partial charge in [0.1, 0.15) is 5.75 Å². The summed E-state index contributed by atoms with van der Waals surface area (Å²) >= 11 is 0. The number of nitrogens with two attached hydrogens (primary N) is 1. The van der Waals surface area contributed by atoms with E-state index < -0.39 is 17.7 Å². The molecule has 0 atom stereocenters. The van der Waals surface area contributed by atoms with Crippen LogP contribution in [0.3, 0.4) is 0 Å². The average molecular weight is 188 g/mol. The molecule has 1 aromatic heterocycles. The van der Waals surface area contributed by atoms with Crippen molar-refractivity contribution in [2.45, 2.75) is 19.9 Å². The fraction of sp³-hybridized carbons (Fsp3) is 0.375. The lowest BCUT2D eigenvalue weighted by Crippen LogP contribution is -2.04. The Hall–Kier alpha value is -1.23. The number of nitrogens with zero attached hydrogens (tertiary/aromatic N) is 1. The fourth-order valence-electron chi connectivity index (χ4n) is 1.06. The summed E-state index contributed by atoms with van der Waals surface area (Å²) in [6, 6.07) is 0. The van der Waals surface area contributed by atoms with Gasteiger partial charge in [0.15, 0.2) is 0 Å². The Morgan fingerprint density at radius 3 is 2.69 bits per heavy atom. The summed E-state index contributed by atoms with van der Waals surface area (Å²) in [5.41, 5.74) is 5.18. The molecule has 13 heavy (non-hydrogen) atoms. The molecular weight excluding hydrogens is 178 g/mol. The monoisotopic (exact) mass is 188 g/mol. The second kappa shape index (κ2) is 3.66. The molecule has 0 fully saturated rings. The molecule has 0 aliphatic heterocycles. The molecule has 0 aromatic carbocycles. The van der Waals surface area contributed by atoms with E-state index in [1.165, 1.54) is 13.1 Å². The van der Waals surface area contributed by atoms with E-state index in [1.54, 1.807) is 0 Å². The SMILES string of the molecule is Cc1ncc(CN)c(C(F)F)c1O. The number of pyridine rings is 1. The maximum Gasteiger partial charge on any atom is 0.267 e. The lowest BCUT2D eigenvalue weighted by Gasteiger charge is -2.09. The van der Waals surface area contributed by atoms with Crippen molar-refractivity contribution in [1.82, 2.24) is 4.98 Å². The molecule has 1 heterocycles. The number of aromatic hydroxyl groups is 1. The number of alkyl halides is 2. The van der Waals surface area contributed by atoms with E-state index in [9.17, 15) is 13.9 Å². The van der Waals surface area contributed by atoms with Crippen molar-refractivity contribution in [3.63, 3.8) is 0 Å². The van der Waals surface area contributed by atoms with Gasteiger partial charge in [0.2, 0.25) is 0 Å². The van der Waals surface area contributed by atoms with Crippen LogP contribution in [0.2, 0.25) is 0 Å². The van der Waals surface area contributed by atoms with Gasteiger partial charge in [-0.1, -0.05) is 0 Å². The van der Waals surface area contributed by atoms with Gasteiger partial charge in [-0.05, 0) is 12.5 Å². The van der Waals surface area contributed by atoms with Crippen LogP contribution >= 0.6 is 0 Å². The van der Waals surface area contributed by atoms with Crippen molar-refractivity contribution < 1.29 is 13.9 Å². The summed E-state index contributed by atoms with van der Waals surface area (Å²) in [6.45, 7) is 1.40. The molecule has 3 nitrogen and oxygen atoms in total. The van der Waals surface area contributed by atoms with Crippen LogP contribution in [-0.2, 0) is 6.54 Å². The molecule has 0 radical (unpaired) electrons. The number of aromatic nitrogens is 1. The highest BCUT2D eigenvalue weighted by molar-refractivity contribution is 5.41. The van der Waals surface area contributed by atoms with Gasteiger partial charge in [-0.2, -0.15) is 0 Å². The minimum Gasteiger partial charge on any atom is -0.506 e. The van der Waals surface area contributed by atoms with E-state index in [-0.39, 0.29) is 17.8 Å². The largest absolute Gasteiger partial charge is 0.506 e. The van der Waals surface area contributed by atoms with Gasteiger partial charge >= 0.3 is 0 Å². The molecule has 3 N–H and O–H groups in total. The van der Waals surface area contributed by atoms with Crippen LogP contribution in [-0.4, -0.2) is 10.1 Å². The molecule has 0 amide bonds. The first-order valence-electron chi connectivity index (χ1n) is 3.73. The van der Waals surface area contributed by atoms with Gasteiger partial charge in [0.25, 0.3) is 6.43 Å². The van der Waals surface area contributed by atoms with Gasteiger partial charge in [0, 0.05) is 12.7 Å². The van der Waals surface area contributed by atoms with Crippen molar-refractivity contribution in [2.75, 3.05) is 0 Å². The van der Waals surface area contributed by atoms with E-state index >= 15 is 0 Å². The number of rotatable bonds is 2. The summed E-state index contributed by atoms with van der Waals surface area (Å²) < 4.78 is 24.8. The summed E-state index contributed by atoms with van der Waals surface area (Å²) in [4.78, 5) is 3.73. The molecule has 0 unspecified atom stereocenters.